The maximum atomic E-state index is 12.7. The van der Waals surface area contributed by atoms with Crippen molar-refractivity contribution >= 4 is 6.03 Å². The molecule has 1 aliphatic carbocycles. The first-order valence-corrected chi connectivity index (χ1v) is 7.08. The Hall–Kier alpha value is -1.76. The fourth-order valence-corrected chi connectivity index (χ4v) is 2.15. The maximum Gasteiger partial charge on any atom is 0.416 e. The number of carbonyl (C=O) groups is 1. The Balaban J connectivity index is 1.91. The molecule has 0 aliphatic heterocycles. The van der Waals surface area contributed by atoms with Gasteiger partial charge < -0.3 is 15.7 Å². The SMILES string of the molecule is CC(NC(=O)NCC1(CO)CC1)c1cccc(C(F)(F)F)c1. The number of rotatable bonds is 5. The molecule has 3 N–H and O–H groups in total. The highest BCUT2D eigenvalue weighted by Crippen LogP contribution is 2.44. The molecule has 0 radical (unpaired) electrons. The number of urea groups is 1. The third kappa shape index (κ3) is 4.13. The molecule has 1 aliphatic rings. The van der Waals surface area contributed by atoms with E-state index in [0.29, 0.717) is 12.1 Å². The lowest BCUT2D eigenvalue weighted by Gasteiger charge is -2.18. The molecule has 0 bridgehead atoms. The first-order chi connectivity index (χ1) is 10.3. The predicted molar refractivity (Wildman–Crippen MR) is 75.1 cm³/mol. The van der Waals surface area contributed by atoms with Gasteiger partial charge in [-0.15, -0.1) is 0 Å². The molecule has 2 rings (SSSR count). The van der Waals surface area contributed by atoms with E-state index in [1.54, 1.807) is 6.92 Å². The number of carbonyl (C=O) groups excluding carboxylic acids is 1. The van der Waals surface area contributed by atoms with Gasteiger partial charge in [0.2, 0.25) is 0 Å². The van der Waals surface area contributed by atoms with E-state index in [2.05, 4.69) is 10.6 Å². The van der Waals surface area contributed by atoms with Crippen LogP contribution in [0, 0.1) is 5.41 Å². The Labute approximate surface area is 126 Å². The minimum Gasteiger partial charge on any atom is -0.396 e. The first kappa shape index (κ1) is 16.6. The van der Waals surface area contributed by atoms with Crippen LogP contribution in [0.4, 0.5) is 18.0 Å². The fourth-order valence-electron chi connectivity index (χ4n) is 2.15. The standard InChI is InChI=1S/C15H19F3N2O2/c1-10(11-3-2-4-12(7-11)15(16,17)18)20-13(22)19-8-14(9-21)5-6-14/h2-4,7,10,21H,5-6,8-9H2,1H3,(H2,19,20,22). The van der Waals surface area contributed by atoms with Crippen molar-refractivity contribution in [2.24, 2.45) is 5.41 Å². The van der Waals surface area contributed by atoms with Crippen LogP contribution < -0.4 is 10.6 Å². The molecule has 122 valence electrons. The minimum absolute atomic E-state index is 0.0243. The van der Waals surface area contributed by atoms with Crippen LogP contribution in [0.15, 0.2) is 24.3 Å². The Morgan fingerprint density at radius 1 is 1.41 bits per heavy atom. The van der Waals surface area contributed by atoms with Crippen molar-refractivity contribution in [3.05, 3.63) is 35.4 Å². The summed E-state index contributed by atoms with van der Waals surface area (Å²) in [5.41, 5.74) is -0.568. The van der Waals surface area contributed by atoms with E-state index in [4.69, 9.17) is 5.11 Å². The number of benzene rings is 1. The second-order valence-corrected chi connectivity index (χ2v) is 5.83. The minimum atomic E-state index is -4.41. The average molecular weight is 316 g/mol. The number of nitrogens with one attached hydrogen (secondary N) is 2. The molecule has 0 heterocycles. The number of aliphatic hydroxyl groups excluding tert-OH is 1. The van der Waals surface area contributed by atoms with Gasteiger partial charge in [-0.3, -0.25) is 0 Å². The first-order valence-electron chi connectivity index (χ1n) is 7.08. The van der Waals surface area contributed by atoms with Gasteiger partial charge in [-0.2, -0.15) is 13.2 Å². The van der Waals surface area contributed by atoms with Gasteiger partial charge in [-0.25, -0.2) is 4.79 Å². The number of hydrogen-bond donors (Lipinski definition) is 3. The Bertz CT molecular complexity index is 542. The van der Waals surface area contributed by atoms with Crippen molar-refractivity contribution in [2.45, 2.75) is 32.0 Å². The molecule has 1 atom stereocenters. The molecule has 1 fully saturated rings. The van der Waals surface area contributed by atoms with Crippen molar-refractivity contribution in [2.75, 3.05) is 13.2 Å². The highest BCUT2D eigenvalue weighted by molar-refractivity contribution is 5.74. The predicted octanol–water partition coefficient (Wildman–Crippen LogP) is 2.84. The van der Waals surface area contributed by atoms with Gasteiger partial charge in [0, 0.05) is 12.0 Å². The lowest BCUT2D eigenvalue weighted by Crippen LogP contribution is -2.40. The van der Waals surface area contributed by atoms with Crippen LogP contribution >= 0.6 is 0 Å². The molecule has 1 aromatic carbocycles. The van der Waals surface area contributed by atoms with E-state index in [1.807, 2.05) is 0 Å². The summed E-state index contributed by atoms with van der Waals surface area (Å²) in [7, 11) is 0. The van der Waals surface area contributed by atoms with E-state index in [1.165, 1.54) is 12.1 Å². The molecule has 1 unspecified atom stereocenters. The van der Waals surface area contributed by atoms with Crippen LogP contribution in [0.3, 0.4) is 0 Å². The van der Waals surface area contributed by atoms with Crippen LogP contribution in [-0.4, -0.2) is 24.3 Å². The van der Waals surface area contributed by atoms with Gasteiger partial charge in [0.15, 0.2) is 0 Å². The number of alkyl halides is 3. The lowest BCUT2D eigenvalue weighted by molar-refractivity contribution is -0.137. The molecule has 0 aromatic heterocycles. The summed E-state index contributed by atoms with van der Waals surface area (Å²) in [4.78, 5) is 11.8. The van der Waals surface area contributed by atoms with Crippen molar-refractivity contribution < 1.29 is 23.1 Å². The smallest absolute Gasteiger partial charge is 0.396 e. The van der Waals surface area contributed by atoms with Crippen molar-refractivity contribution in [3.63, 3.8) is 0 Å². The average Bonchev–Trinajstić information content (AvgIpc) is 3.25. The summed E-state index contributed by atoms with van der Waals surface area (Å²) in [6.07, 6.45) is -2.67. The van der Waals surface area contributed by atoms with E-state index in [-0.39, 0.29) is 12.0 Å². The number of amides is 2. The van der Waals surface area contributed by atoms with Crippen molar-refractivity contribution in [3.8, 4) is 0 Å². The van der Waals surface area contributed by atoms with Crippen molar-refractivity contribution in [1.82, 2.24) is 10.6 Å². The van der Waals surface area contributed by atoms with Gasteiger partial charge in [0.1, 0.15) is 0 Å². The summed E-state index contributed by atoms with van der Waals surface area (Å²) < 4.78 is 38.0. The molecular formula is C15H19F3N2O2. The normalized spacial score (nSPS) is 17.7. The van der Waals surface area contributed by atoms with Crippen LogP contribution in [0.5, 0.6) is 0 Å². The third-order valence-corrected chi connectivity index (χ3v) is 3.98. The number of hydrogen-bond acceptors (Lipinski definition) is 2. The Kier molecular flexibility index (Phi) is 4.65. The summed E-state index contributed by atoms with van der Waals surface area (Å²) >= 11 is 0. The third-order valence-electron chi connectivity index (χ3n) is 3.98. The molecule has 1 saturated carbocycles. The summed E-state index contributed by atoms with van der Waals surface area (Å²) in [5.74, 6) is 0. The molecule has 22 heavy (non-hydrogen) atoms. The van der Waals surface area contributed by atoms with Crippen molar-refractivity contribution in [1.29, 1.82) is 0 Å². The van der Waals surface area contributed by atoms with Crippen LogP contribution in [0.1, 0.15) is 36.9 Å². The highest BCUT2D eigenvalue weighted by atomic mass is 19.4. The number of halogens is 3. The molecular weight excluding hydrogens is 297 g/mol. The van der Waals surface area contributed by atoms with Gasteiger partial charge in [-0.1, -0.05) is 12.1 Å². The maximum absolute atomic E-state index is 12.7. The summed E-state index contributed by atoms with van der Waals surface area (Å²) in [6, 6.07) is 3.88. The number of aliphatic hydroxyl groups is 1. The molecule has 1 aromatic rings. The van der Waals surface area contributed by atoms with Gasteiger partial charge >= 0.3 is 12.2 Å². The zero-order chi connectivity index (χ0) is 16.4. The fraction of sp³-hybridized carbons (Fsp3) is 0.533. The van der Waals surface area contributed by atoms with E-state index in [9.17, 15) is 18.0 Å². The highest BCUT2D eigenvalue weighted by Gasteiger charge is 2.42. The Morgan fingerprint density at radius 3 is 2.64 bits per heavy atom. The quantitative estimate of drug-likeness (QED) is 0.782. The van der Waals surface area contributed by atoms with E-state index < -0.39 is 23.8 Å². The van der Waals surface area contributed by atoms with E-state index >= 15 is 0 Å². The summed E-state index contributed by atoms with van der Waals surface area (Å²) in [5, 5.41) is 14.4. The molecule has 0 saturated heterocycles. The zero-order valence-electron chi connectivity index (χ0n) is 12.2. The van der Waals surface area contributed by atoms with Crippen LogP contribution in [0.2, 0.25) is 0 Å². The Morgan fingerprint density at radius 2 is 2.09 bits per heavy atom. The monoisotopic (exact) mass is 316 g/mol. The van der Waals surface area contributed by atoms with Gasteiger partial charge in [-0.05, 0) is 37.5 Å². The summed E-state index contributed by atoms with van der Waals surface area (Å²) in [6.45, 7) is 2.01. The van der Waals surface area contributed by atoms with Gasteiger partial charge in [0.25, 0.3) is 0 Å². The molecule has 0 spiro atoms. The second-order valence-electron chi connectivity index (χ2n) is 5.83. The molecule has 2 amide bonds. The zero-order valence-corrected chi connectivity index (χ0v) is 12.2. The molecule has 7 heteroatoms. The van der Waals surface area contributed by atoms with E-state index in [0.717, 1.165) is 25.0 Å². The largest absolute Gasteiger partial charge is 0.416 e. The van der Waals surface area contributed by atoms with Crippen LogP contribution in [0.25, 0.3) is 0 Å². The topological polar surface area (TPSA) is 61.4 Å². The lowest BCUT2D eigenvalue weighted by atomic mass is 10.1. The van der Waals surface area contributed by atoms with Crippen LogP contribution in [-0.2, 0) is 6.18 Å². The molecule has 4 nitrogen and oxygen atoms in total. The van der Waals surface area contributed by atoms with Gasteiger partial charge in [0.05, 0.1) is 18.2 Å². The second kappa shape index (κ2) is 6.16.